The van der Waals surface area contributed by atoms with Crippen molar-refractivity contribution in [3.8, 4) is 5.75 Å². The van der Waals surface area contributed by atoms with E-state index in [4.69, 9.17) is 16.3 Å². The molecular formula is C28H31ClN4O6S. The van der Waals surface area contributed by atoms with Crippen LogP contribution in [0.5, 0.6) is 5.75 Å². The molecule has 2 N–H and O–H groups in total. The van der Waals surface area contributed by atoms with Gasteiger partial charge in [0.15, 0.2) is 5.75 Å². The predicted molar refractivity (Wildman–Crippen MR) is 151 cm³/mol. The highest BCUT2D eigenvalue weighted by molar-refractivity contribution is 7.89. The number of aliphatic hydroxyl groups excluding tert-OH is 1. The highest BCUT2D eigenvalue weighted by Gasteiger charge is 2.36. The quantitative estimate of drug-likeness (QED) is 0.413. The Bertz CT molecular complexity index is 1470. The summed E-state index contributed by atoms with van der Waals surface area (Å²) in [6, 6.07) is 13.3. The summed E-state index contributed by atoms with van der Waals surface area (Å²) in [4.78, 5) is 32.2. The number of likely N-dealkylation sites (N-methyl/N-ethyl adjacent to an activating group) is 1. The highest BCUT2D eigenvalue weighted by atomic mass is 35.5. The number of nitrogens with zero attached hydrogens (tertiary/aromatic N) is 3. The number of amides is 2. The summed E-state index contributed by atoms with van der Waals surface area (Å²) in [5.74, 6) is -1.03. The lowest BCUT2D eigenvalue weighted by molar-refractivity contribution is 0.0388. The Labute approximate surface area is 238 Å². The number of carbonyl (C=O) groups is 2. The molecule has 0 saturated carbocycles. The van der Waals surface area contributed by atoms with Crippen LogP contribution in [0.1, 0.15) is 34.6 Å². The van der Waals surface area contributed by atoms with Crippen molar-refractivity contribution in [2.24, 2.45) is 5.92 Å². The molecule has 0 unspecified atom stereocenters. The Balaban J connectivity index is 1.72. The summed E-state index contributed by atoms with van der Waals surface area (Å²) in [5, 5.41) is 13.1. The van der Waals surface area contributed by atoms with Crippen LogP contribution in [-0.4, -0.2) is 78.4 Å². The minimum absolute atomic E-state index is 0.0479. The van der Waals surface area contributed by atoms with Gasteiger partial charge in [-0.2, -0.15) is 4.31 Å². The fourth-order valence-corrected chi connectivity index (χ4v) is 5.70. The average molecular weight is 587 g/mol. The van der Waals surface area contributed by atoms with Crippen molar-refractivity contribution in [2.75, 3.05) is 32.1 Å². The fraction of sp³-hybridized carbons (Fsp3) is 0.321. The van der Waals surface area contributed by atoms with Crippen LogP contribution in [0.4, 0.5) is 5.69 Å². The van der Waals surface area contributed by atoms with Crippen molar-refractivity contribution < 1.29 is 27.9 Å². The molecule has 1 aliphatic rings. The second-order valence-electron chi connectivity index (χ2n) is 9.73. The summed E-state index contributed by atoms with van der Waals surface area (Å²) in [6.45, 7) is 3.48. The van der Waals surface area contributed by atoms with Crippen molar-refractivity contribution in [2.45, 2.75) is 30.9 Å². The van der Waals surface area contributed by atoms with Crippen LogP contribution >= 0.6 is 11.6 Å². The molecule has 12 heteroatoms. The van der Waals surface area contributed by atoms with Gasteiger partial charge in [0, 0.05) is 42.5 Å². The van der Waals surface area contributed by atoms with E-state index in [2.05, 4.69) is 10.3 Å². The van der Waals surface area contributed by atoms with Gasteiger partial charge >= 0.3 is 0 Å². The number of rotatable bonds is 8. The van der Waals surface area contributed by atoms with E-state index >= 15 is 0 Å². The molecule has 3 aromatic rings. The van der Waals surface area contributed by atoms with Gasteiger partial charge in [0.1, 0.15) is 6.10 Å². The molecule has 0 spiro atoms. The van der Waals surface area contributed by atoms with E-state index in [0.29, 0.717) is 10.6 Å². The highest BCUT2D eigenvalue weighted by Crippen LogP contribution is 2.35. The van der Waals surface area contributed by atoms with Crippen LogP contribution in [0.15, 0.2) is 71.9 Å². The smallest absolute Gasteiger partial charge is 0.258 e. The fourth-order valence-electron chi connectivity index (χ4n) is 4.40. The molecule has 10 nitrogen and oxygen atoms in total. The minimum atomic E-state index is -3.89. The van der Waals surface area contributed by atoms with Gasteiger partial charge in [0.25, 0.3) is 11.8 Å². The summed E-state index contributed by atoms with van der Waals surface area (Å²) >= 11 is 5.94. The Morgan fingerprint density at radius 1 is 1.20 bits per heavy atom. The van der Waals surface area contributed by atoms with Gasteiger partial charge in [-0.1, -0.05) is 24.6 Å². The van der Waals surface area contributed by atoms with E-state index in [-0.39, 0.29) is 53.4 Å². The van der Waals surface area contributed by atoms with E-state index in [1.807, 2.05) is 6.92 Å². The van der Waals surface area contributed by atoms with Crippen molar-refractivity contribution in [1.29, 1.82) is 0 Å². The Morgan fingerprint density at radius 2 is 1.88 bits per heavy atom. The zero-order chi connectivity index (χ0) is 29.0. The molecule has 2 aromatic carbocycles. The number of fused-ring (bicyclic) bond motifs is 1. The number of aromatic nitrogens is 1. The maximum atomic E-state index is 13.6. The molecule has 0 bridgehead atoms. The van der Waals surface area contributed by atoms with Crippen LogP contribution < -0.4 is 10.1 Å². The van der Waals surface area contributed by atoms with Crippen molar-refractivity contribution in [3.63, 3.8) is 0 Å². The normalized spacial score (nSPS) is 18.4. The number of sulfonamides is 1. The second kappa shape index (κ2) is 12.3. The summed E-state index contributed by atoms with van der Waals surface area (Å²) in [7, 11) is -2.43. The average Bonchev–Trinajstić information content (AvgIpc) is 2.95. The molecule has 0 fully saturated rings. The first kappa shape index (κ1) is 29.5. The van der Waals surface area contributed by atoms with Crippen molar-refractivity contribution in [1.82, 2.24) is 14.2 Å². The molecule has 1 aromatic heterocycles. The van der Waals surface area contributed by atoms with E-state index in [0.717, 1.165) is 0 Å². The topological polar surface area (TPSA) is 129 Å². The summed E-state index contributed by atoms with van der Waals surface area (Å²) < 4.78 is 34.3. The number of anilines is 1. The second-order valence-corrected chi connectivity index (χ2v) is 12.2. The van der Waals surface area contributed by atoms with Crippen LogP contribution in [0, 0.1) is 5.92 Å². The van der Waals surface area contributed by atoms with Crippen LogP contribution in [0.25, 0.3) is 0 Å². The SMILES string of the molecule is C[C@H](CO)N1C[C@H](C)[C@H](CN(C)S(=O)(=O)c2ccc(Cl)cc2)Oc2c(NC(=O)c3ccncc3)cccc2C1=O. The van der Waals surface area contributed by atoms with Gasteiger partial charge in [-0.3, -0.25) is 14.6 Å². The molecular weight excluding hydrogens is 556 g/mol. The summed E-state index contributed by atoms with van der Waals surface area (Å²) in [6.07, 6.45) is 2.27. The lowest BCUT2D eigenvalue weighted by Gasteiger charge is -2.38. The van der Waals surface area contributed by atoms with Crippen LogP contribution in [0.2, 0.25) is 5.02 Å². The van der Waals surface area contributed by atoms with Gasteiger partial charge in [0.05, 0.1) is 35.3 Å². The zero-order valence-corrected chi connectivity index (χ0v) is 23.9. The molecule has 3 atom stereocenters. The van der Waals surface area contributed by atoms with Crippen LogP contribution in [0.3, 0.4) is 0 Å². The number of carbonyl (C=O) groups excluding carboxylic acids is 2. The molecule has 4 rings (SSSR count). The predicted octanol–water partition coefficient (Wildman–Crippen LogP) is 3.53. The number of halogens is 1. The first-order valence-electron chi connectivity index (χ1n) is 12.7. The van der Waals surface area contributed by atoms with E-state index < -0.39 is 28.1 Å². The standard InChI is InChI=1S/C28H31ClN4O6S/c1-18-15-33(19(2)17-34)28(36)23-5-4-6-24(31-27(35)20-11-13-30-14-12-20)26(23)39-25(18)16-32(3)40(37,38)22-9-7-21(29)8-10-22/h4-14,18-19,25,34H,15-17H2,1-3H3,(H,31,35)/t18-,19+,25-/m0/s1. The molecule has 2 heterocycles. The molecule has 0 radical (unpaired) electrons. The zero-order valence-electron chi connectivity index (χ0n) is 22.3. The number of hydrogen-bond acceptors (Lipinski definition) is 7. The molecule has 212 valence electrons. The van der Waals surface area contributed by atoms with Crippen LogP contribution in [-0.2, 0) is 10.0 Å². The largest absolute Gasteiger partial charge is 0.486 e. The number of nitrogens with one attached hydrogen (secondary N) is 1. The number of hydrogen-bond donors (Lipinski definition) is 2. The Hall–Kier alpha value is -3.51. The van der Waals surface area contributed by atoms with E-state index in [9.17, 15) is 23.1 Å². The molecule has 2 amide bonds. The third-order valence-corrected chi connectivity index (χ3v) is 8.93. The molecule has 40 heavy (non-hydrogen) atoms. The lowest BCUT2D eigenvalue weighted by Crippen LogP contribution is -2.50. The van der Waals surface area contributed by atoms with Gasteiger partial charge in [-0.05, 0) is 55.5 Å². The number of benzene rings is 2. The Kier molecular flexibility index (Phi) is 9.09. The van der Waals surface area contributed by atoms with Gasteiger partial charge in [-0.25, -0.2) is 8.42 Å². The third-order valence-electron chi connectivity index (χ3n) is 6.84. The first-order valence-corrected chi connectivity index (χ1v) is 14.5. The monoisotopic (exact) mass is 586 g/mol. The number of aliphatic hydroxyl groups is 1. The maximum absolute atomic E-state index is 13.6. The van der Waals surface area contributed by atoms with Crippen molar-refractivity contribution >= 4 is 39.1 Å². The third kappa shape index (κ3) is 6.28. The van der Waals surface area contributed by atoms with Gasteiger partial charge < -0.3 is 20.1 Å². The Morgan fingerprint density at radius 3 is 2.52 bits per heavy atom. The van der Waals surface area contributed by atoms with E-state index in [1.165, 1.54) is 48.0 Å². The number of pyridine rings is 1. The molecule has 0 saturated heterocycles. The van der Waals surface area contributed by atoms with E-state index in [1.54, 1.807) is 42.2 Å². The molecule has 0 aliphatic carbocycles. The van der Waals surface area contributed by atoms with Crippen molar-refractivity contribution in [3.05, 3.63) is 83.1 Å². The minimum Gasteiger partial charge on any atom is -0.486 e. The van der Waals surface area contributed by atoms with Gasteiger partial charge in [0.2, 0.25) is 10.0 Å². The first-order chi connectivity index (χ1) is 19.0. The number of ether oxygens (including phenoxy) is 1. The maximum Gasteiger partial charge on any atom is 0.258 e. The summed E-state index contributed by atoms with van der Waals surface area (Å²) in [5.41, 5.74) is 0.804. The number of para-hydroxylation sites is 1. The van der Waals surface area contributed by atoms with Gasteiger partial charge in [-0.15, -0.1) is 0 Å². The molecule has 1 aliphatic heterocycles. The lowest BCUT2D eigenvalue weighted by atomic mass is 9.99.